The molecule has 0 bridgehead atoms. The van der Waals surface area contributed by atoms with Crippen LogP contribution in [0.5, 0.6) is 0 Å². The predicted octanol–water partition coefficient (Wildman–Crippen LogP) is 2.37. The van der Waals surface area contributed by atoms with Gasteiger partial charge in [0.05, 0.1) is 11.5 Å². The molecule has 7 heteroatoms. The van der Waals surface area contributed by atoms with Gasteiger partial charge in [0.2, 0.25) is 0 Å². The molecule has 88 valence electrons. The lowest BCUT2D eigenvalue weighted by molar-refractivity contribution is -0.384. The van der Waals surface area contributed by atoms with Gasteiger partial charge in [-0.25, -0.2) is 4.98 Å². The van der Waals surface area contributed by atoms with Crippen LogP contribution >= 0.6 is 11.3 Å². The summed E-state index contributed by atoms with van der Waals surface area (Å²) in [7, 11) is 0. The topological polar surface area (TPSA) is 81.0 Å². The number of thiazole rings is 1. The van der Waals surface area contributed by atoms with Gasteiger partial charge < -0.3 is 5.32 Å². The molecule has 0 amide bonds. The highest BCUT2D eigenvalue weighted by atomic mass is 32.1. The van der Waals surface area contributed by atoms with Crippen LogP contribution in [0.4, 0.5) is 11.4 Å². The van der Waals surface area contributed by atoms with Crippen LogP contribution in [0.2, 0.25) is 0 Å². The van der Waals surface area contributed by atoms with Crippen LogP contribution < -0.4 is 5.32 Å². The zero-order valence-electron chi connectivity index (χ0n) is 9.08. The average Bonchev–Trinajstić information content (AvgIpc) is 2.73. The summed E-state index contributed by atoms with van der Waals surface area (Å²) < 4.78 is 0. The second-order valence-electron chi connectivity index (χ2n) is 3.37. The molecule has 2 heterocycles. The highest BCUT2D eigenvalue weighted by molar-refractivity contribution is 7.11. The van der Waals surface area contributed by atoms with E-state index in [1.807, 2.05) is 6.92 Å². The molecule has 0 aliphatic carbocycles. The molecule has 0 atom stereocenters. The zero-order chi connectivity index (χ0) is 12.3. The number of rotatable bonds is 4. The molecule has 0 fully saturated rings. The van der Waals surface area contributed by atoms with E-state index in [1.54, 1.807) is 23.6 Å². The molecule has 0 aromatic carbocycles. The SMILES string of the molecule is Cc1cnc(CNc2ccncc2[N+](=O)[O-])s1. The highest BCUT2D eigenvalue weighted by Crippen LogP contribution is 2.23. The summed E-state index contributed by atoms with van der Waals surface area (Å²) in [6.45, 7) is 2.44. The number of hydrogen-bond acceptors (Lipinski definition) is 6. The van der Waals surface area contributed by atoms with Crippen LogP contribution in [0.3, 0.4) is 0 Å². The molecule has 0 spiro atoms. The quantitative estimate of drug-likeness (QED) is 0.665. The van der Waals surface area contributed by atoms with E-state index in [-0.39, 0.29) is 5.69 Å². The first-order valence-corrected chi connectivity index (χ1v) is 5.72. The molecule has 0 unspecified atom stereocenters. The Kier molecular flexibility index (Phi) is 3.29. The molecule has 0 aliphatic rings. The van der Waals surface area contributed by atoms with Gasteiger partial charge in [-0.15, -0.1) is 11.3 Å². The van der Waals surface area contributed by atoms with E-state index in [0.717, 1.165) is 9.88 Å². The van der Waals surface area contributed by atoms with Crippen molar-refractivity contribution in [3.8, 4) is 0 Å². The lowest BCUT2D eigenvalue weighted by Gasteiger charge is -2.03. The molecular weight excluding hydrogens is 240 g/mol. The molecule has 0 radical (unpaired) electrons. The van der Waals surface area contributed by atoms with E-state index in [0.29, 0.717) is 12.2 Å². The van der Waals surface area contributed by atoms with Crippen LogP contribution in [-0.2, 0) is 6.54 Å². The van der Waals surface area contributed by atoms with Gasteiger partial charge in [-0.1, -0.05) is 0 Å². The van der Waals surface area contributed by atoms with Crippen molar-refractivity contribution in [1.29, 1.82) is 0 Å². The summed E-state index contributed by atoms with van der Waals surface area (Å²) in [6.07, 6.45) is 4.53. The molecule has 2 aromatic rings. The molecule has 0 saturated carbocycles. The Labute approximate surface area is 102 Å². The van der Waals surface area contributed by atoms with Gasteiger partial charge >= 0.3 is 5.69 Å². The van der Waals surface area contributed by atoms with Gasteiger partial charge in [-0.3, -0.25) is 15.1 Å². The molecular formula is C10H10N4O2S. The Morgan fingerprint density at radius 1 is 1.53 bits per heavy atom. The number of nitrogens with one attached hydrogen (secondary N) is 1. The van der Waals surface area contributed by atoms with Crippen LogP contribution in [0, 0.1) is 17.0 Å². The van der Waals surface area contributed by atoms with Crippen molar-refractivity contribution in [2.24, 2.45) is 0 Å². The first-order chi connectivity index (χ1) is 8.16. The van der Waals surface area contributed by atoms with Crippen LogP contribution in [-0.4, -0.2) is 14.9 Å². The van der Waals surface area contributed by atoms with Gasteiger partial charge in [0.1, 0.15) is 16.9 Å². The van der Waals surface area contributed by atoms with Crippen molar-refractivity contribution in [3.05, 3.63) is 44.7 Å². The number of nitro groups is 1. The van der Waals surface area contributed by atoms with Crippen molar-refractivity contribution in [2.45, 2.75) is 13.5 Å². The smallest absolute Gasteiger partial charge is 0.310 e. The normalized spacial score (nSPS) is 10.2. The van der Waals surface area contributed by atoms with Crippen molar-refractivity contribution < 1.29 is 4.92 Å². The van der Waals surface area contributed by atoms with E-state index in [9.17, 15) is 10.1 Å². The molecule has 6 nitrogen and oxygen atoms in total. The summed E-state index contributed by atoms with van der Waals surface area (Å²) in [4.78, 5) is 19.3. The second kappa shape index (κ2) is 4.88. The van der Waals surface area contributed by atoms with E-state index in [1.165, 1.54) is 12.4 Å². The minimum atomic E-state index is -0.456. The maximum Gasteiger partial charge on any atom is 0.310 e. The molecule has 17 heavy (non-hydrogen) atoms. The van der Waals surface area contributed by atoms with E-state index in [2.05, 4.69) is 15.3 Å². The van der Waals surface area contributed by atoms with Crippen molar-refractivity contribution in [1.82, 2.24) is 9.97 Å². The largest absolute Gasteiger partial charge is 0.373 e. The number of pyridine rings is 1. The van der Waals surface area contributed by atoms with Gasteiger partial charge in [0.15, 0.2) is 0 Å². The van der Waals surface area contributed by atoms with Crippen molar-refractivity contribution in [2.75, 3.05) is 5.32 Å². The fourth-order valence-corrected chi connectivity index (χ4v) is 2.06. The zero-order valence-corrected chi connectivity index (χ0v) is 9.90. The Hall–Kier alpha value is -2.02. The second-order valence-corrected chi connectivity index (χ2v) is 4.69. The van der Waals surface area contributed by atoms with Crippen LogP contribution in [0.25, 0.3) is 0 Å². The molecule has 2 rings (SSSR count). The lowest BCUT2D eigenvalue weighted by atomic mass is 10.3. The van der Waals surface area contributed by atoms with Gasteiger partial charge in [0, 0.05) is 17.3 Å². The van der Waals surface area contributed by atoms with E-state index >= 15 is 0 Å². The summed E-state index contributed by atoms with van der Waals surface area (Å²) in [5, 5.41) is 14.6. The number of nitrogens with zero attached hydrogens (tertiary/aromatic N) is 3. The Morgan fingerprint density at radius 2 is 2.35 bits per heavy atom. The van der Waals surface area contributed by atoms with Crippen molar-refractivity contribution in [3.63, 3.8) is 0 Å². The third-order valence-corrected chi connectivity index (χ3v) is 3.01. The van der Waals surface area contributed by atoms with Gasteiger partial charge in [-0.2, -0.15) is 0 Å². The first-order valence-electron chi connectivity index (χ1n) is 4.90. The Bertz CT molecular complexity index is 541. The number of aromatic nitrogens is 2. The fraction of sp³-hybridized carbons (Fsp3) is 0.200. The highest BCUT2D eigenvalue weighted by Gasteiger charge is 2.12. The van der Waals surface area contributed by atoms with Crippen LogP contribution in [0.15, 0.2) is 24.7 Å². The first kappa shape index (κ1) is 11.5. The minimum Gasteiger partial charge on any atom is -0.373 e. The minimum absolute atomic E-state index is 0.0271. The lowest BCUT2D eigenvalue weighted by Crippen LogP contribution is -2.02. The van der Waals surface area contributed by atoms with E-state index < -0.39 is 4.92 Å². The standard InChI is InChI=1S/C10H10N4O2S/c1-7-4-13-10(17-7)6-12-8-2-3-11-5-9(8)14(15)16/h2-5H,6H2,1H3,(H,11,12). The average molecular weight is 250 g/mol. The van der Waals surface area contributed by atoms with Gasteiger partial charge in [0.25, 0.3) is 0 Å². The maximum absolute atomic E-state index is 10.7. The third kappa shape index (κ3) is 2.76. The number of anilines is 1. The van der Waals surface area contributed by atoms with E-state index in [4.69, 9.17) is 0 Å². The maximum atomic E-state index is 10.7. The summed E-state index contributed by atoms with van der Waals surface area (Å²) in [6, 6.07) is 1.58. The van der Waals surface area contributed by atoms with Gasteiger partial charge in [-0.05, 0) is 13.0 Å². The summed E-state index contributed by atoms with van der Waals surface area (Å²) >= 11 is 1.56. The van der Waals surface area contributed by atoms with Crippen LogP contribution in [0.1, 0.15) is 9.88 Å². The molecule has 0 saturated heterocycles. The predicted molar refractivity (Wildman–Crippen MR) is 65.1 cm³/mol. The number of hydrogen-bond donors (Lipinski definition) is 1. The molecule has 0 aliphatic heterocycles. The Balaban J connectivity index is 2.11. The summed E-state index contributed by atoms with van der Waals surface area (Å²) in [5.41, 5.74) is 0.429. The molecule has 2 aromatic heterocycles. The number of aryl methyl sites for hydroxylation is 1. The monoisotopic (exact) mass is 250 g/mol. The summed E-state index contributed by atoms with van der Waals surface area (Å²) in [5.74, 6) is 0. The molecule has 1 N–H and O–H groups in total. The fourth-order valence-electron chi connectivity index (χ4n) is 1.34. The Morgan fingerprint density at radius 3 is 3.00 bits per heavy atom. The van der Waals surface area contributed by atoms with Crippen molar-refractivity contribution >= 4 is 22.7 Å². The third-order valence-electron chi connectivity index (χ3n) is 2.10.